The van der Waals surface area contributed by atoms with Crippen molar-refractivity contribution in [2.75, 3.05) is 45.9 Å². The monoisotopic (exact) mass is 443 g/mol. The van der Waals surface area contributed by atoms with Gasteiger partial charge in [-0.05, 0) is 88.3 Å². The van der Waals surface area contributed by atoms with E-state index in [9.17, 15) is 9.90 Å². The molecule has 2 saturated heterocycles. The van der Waals surface area contributed by atoms with Crippen LogP contribution in [-0.2, 0) is 0 Å². The van der Waals surface area contributed by atoms with Gasteiger partial charge in [-0.3, -0.25) is 9.69 Å². The molecule has 178 valence electrons. The highest BCUT2D eigenvalue weighted by molar-refractivity contribution is 5.94. The van der Waals surface area contributed by atoms with Crippen molar-refractivity contribution in [1.82, 2.24) is 15.1 Å². The molecule has 0 aromatic heterocycles. The Bertz CT molecular complexity index is 699. The van der Waals surface area contributed by atoms with Crippen LogP contribution in [0.3, 0.4) is 0 Å². The fourth-order valence-corrected chi connectivity index (χ4v) is 5.51. The van der Waals surface area contributed by atoms with Crippen molar-refractivity contribution in [3.8, 4) is 5.75 Å². The smallest absolute Gasteiger partial charge is 0.251 e. The summed E-state index contributed by atoms with van der Waals surface area (Å²) in [5, 5.41) is 13.7. The molecule has 1 amide bonds. The summed E-state index contributed by atoms with van der Waals surface area (Å²) in [5.74, 6) is 1.46. The summed E-state index contributed by atoms with van der Waals surface area (Å²) < 4.78 is 5.85. The summed E-state index contributed by atoms with van der Waals surface area (Å²) in [7, 11) is 0. The zero-order valence-corrected chi connectivity index (χ0v) is 19.5. The van der Waals surface area contributed by atoms with Crippen LogP contribution < -0.4 is 10.1 Å². The van der Waals surface area contributed by atoms with E-state index in [0.29, 0.717) is 12.2 Å². The molecule has 0 radical (unpaired) electrons. The van der Waals surface area contributed by atoms with Gasteiger partial charge < -0.3 is 20.1 Å². The van der Waals surface area contributed by atoms with Crippen molar-refractivity contribution >= 4 is 5.91 Å². The molecule has 2 aliphatic heterocycles. The Morgan fingerprint density at radius 3 is 2.41 bits per heavy atom. The molecule has 1 aliphatic carbocycles. The van der Waals surface area contributed by atoms with Gasteiger partial charge in [0.1, 0.15) is 12.4 Å². The first-order chi connectivity index (χ1) is 15.7. The number of rotatable bonds is 8. The molecular formula is C26H41N3O3. The summed E-state index contributed by atoms with van der Waals surface area (Å²) in [6.45, 7) is 6.84. The first-order valence-electron chi connectivity index (χ1n) is 12.8. The summed E-state index contributed by atoms with van der Waals surface area (Å²) in [5.41, 5.74) is 0.618. The Morgan fingerprint density at radius 2 is 1.66 bits per heavy atom. The molecule has 1 aromatic rings. The van der Waals surface area contributed by atoms with Crippen molar-refractivity contribution in [2.24, 2.45) is 5.92 Å². The van der Waals surface area contributed by atoms with Crippen LogP contribution in [0.15, 0.2) is 24.3 Å². The lowest BCUT2D eigenvalue weighted by Crippen LogP contribution is -2.49. The molecule has 3 aliphatic rings. The van der Waals surface area contributed by atoms with Crippen LogP contribution in [-0.4, -0.2) is 78.8 Å². The molecular weight excluding hydrogens is 402 g/mol. The van der Waals surface area contributed by atoms with Gasteiger partial charge >= 0.3 is 0 Å². The molecule has 0 unspecified atom stereocenters. The summed E-state index contributed by atoms with van der Waals surface area (Å²) in [6.07, 6.45) is 10.5. The minimum Gasteiger partial charge on any atom is -0.492 e. The minimum atomic E-state index is -0.483. The number of benzene rings is 1. The van der Waals surface area contributed by atoms with Gasteiger partial charge in [0.05, 0.1) is 12.1 Å². The molecule has 4 rings (SSSR count). The highest BCUT2D eigenvalue weighted by Crippen LogP contribution is 2.25. The summed E-state index contributed by atoms with van der Waals surface area (Å²) in [4.78, 5) is 17.8. The van der Waals surface area contributed by atoms with E-state index in [4.69, 9.17) is 4.74 Å². The Balaban J connectivity index is 1.26. The summed E-state index contributed by atoms with van der Waals surface area (Å²) >= 11 is 0. The number of carbonyl (C=O) groups is 1. The van der Waals surface area contributed by atoms with E-state index < -0.39 is 6.10 Å². The van der Waals surface area contributed by atoms with E-state index in [1.54, 1.807) is 0 Å². The van der Waals surface area contributed by atoms with Crippen LogP contribution in [0, 0.1) is 5.92 Å². The maximum atomic E-state index is 12.9. The third-order valence-electron chi connectivity index (χ3n) is 7.44. The van der Waals surface area contributed by atoms with E-state index in [1.807, 2.05) is 24.3 Å². The largest absolute Gasteiger partial charge is 0.492 e. The molecule has 6 heteroatoms. The second-order valence-electron chi connectivity index (χ2n) is 9.97. The Morgan fingerprint density at radius 1 is 0.938 bits per heavy atom. The average Bonchev–Trinajstić information content (AvgIpc) is 3.27. The number of likely N-dealkylation sites (tertiary alicyclic amines) is 2. The number of aliphatic hydroxyl groups excluding tert-OH is 1. The van der Waals surface area contributed by atoms with E-state index in [0.717, 1.165) is 50.7 Å². The van der Waals surface area contributed by atoms with E-state index in [2.05, 4.69) is 15.1 Å². The lowest BCUT2D eigenvalue weighted by atomic mass is 9.89. The van der Waals surface area contributed by atoms with Crippen LogP contribution in [0.5, 0.6) is 5.75 Å². The number of amides is 1. The molecule has 2 heterocycles. The SMILES string of the molecule is O=C(N[C@@H]1CN(CC2CCCCC2)CCC[C@H]1O)c1ccc(OCCN2CCCC2)cc1. The number of aliphatic hydroxyl groups is 1. The van der Waals surface area contributed by atoms with Crippen LogP contribution in [0.25, 0.3) is 0 Å². The van der Waals surface area contributed by atoms with Gasteiger partial charge in [0, 0.05) is 25.2 Å². The molecule has 2 atom stereocenters. The van der Waals surface area contributed by atoms with Gasteiger partial charge in [0.25, 0.3) is 5.91 Å². The quantitative estimate of drug-likeness (QED) is 0.645. The molecule has 0 bridgehead atoms. The van der Waals surface area contributed by atoms with Gasteiger partial charge in [-0.15, -0.1) is 0 Å². The minimum absolute atomic E-state index is 0.114. The molecule has 1 saturated carbocycles. The average molecular weight is 444 g/mol. The Kier molecular flexibility index (Phi) is 8.83. The second kappa shape index (κ2) is 12.0. The standard InChI is InChI=1S/C26H41N3O3/c30-25-9-6-16-29(19-21-7-2-1-3-8-21)20-24(25)27-26(31)22-10-12-23(13-11-22)32-18-17-28-14-4-5-15-28/h10-13,21,24-25,30H,1-9,14-20H2,(H,27,31)/t24-,25-/m1/s1. The normalized spacial score (nSPS) is 26.0. The van der Waals surface area contributed by atoms with Crippen LogP contribution in [0.1, 0.15) is 68.1 Å². The molecule has 3 fully saturated rings. The van der Waals surface area contributed by atoms with Crippen molar-refractivity contribution in [3.63, 3.8) is 0 Å². The predicted molar refractivity (Wildman–Crippen MR) is 127 cm³/mol. The maximum Gasteiger partial charge on any atom is 0.251 e. The predicted octanol–water partition coefficient (Wildman–Crippen LogP) is 3.30. The van der Waals surface area contributed by atoms with Crippen LogP contribution in [0.4, 0.5) is 0 Å². The molecule has 2 N–H and O–H groups in total. The van der Waals surface area contributed by atoms with Gasteiger partial charge in [-0.2, -0.15) is 0 Å². The highest BCUT2D eigenvalue weighted by Gasteiger charge is 2.28. The number of nitrogens with one attached hydrogen (secondary N) is 1. The lowest BCUT2D eigenvalue weighted by molar-refractivity contribution is 0.0789. The number of ether oxygens (including phenoxy) is 1. The lowest BCUT2D eigenvalue weighted by Gasteiger charge is -2.31. The first-order valence-corrected chi connectivity index (χ1v) is 12.8. The number of carbonyl (C=O) groups excluding carboxylic acids is 1. The van der Waals surface area contributed by atoms with Crippen molar-refractivity contribution in [3.05, 3.63) is 29.8 Å². The van der Waals surface area contributed by atoms with E-state index >= 15 is 0 Å². The fraction of sp³-hybridized carbons (Fsp3) is 0.731. The van der Waals surface area contributed by atoms with Crippen LogP contribution in [0.2, 0.25) is 0 Å². The van der Waals surface area contributed by atoms with Crippen molar-refractivity contribution < 1.29 is 14.6 Å². The number of hydrogen-bond acceptors (Lipinski definition) is 5. The Labute approximate surface area is 193 Å². The summed E-state index contributed by atoms with van der Waals surface area (Å²) in [6, 6.07) is 7.17. The van der Waals surface area contributed by atoms with Gasteiger partial charge in [0.15, 0.2) is 0 Å². The number of hydrogen-bond donors (Lipinski definition) is 2. The van der Waals surface area contributed by atoms with Crippen molar-refractivity contribution in [1.29, 1.82) is 0 Å². The second-order valence-corrected chi connectivity index (χ2v) is 9.97. The fourth-order valence-electron chi connectivity index (χ4n) is 5.51. The molecule has 0 spiro atoms. The van der Waals surface area contributed by atoms with Gasteiger partial charge in [-0.25, -0.2) is 0 Å². The molecule has 6 nitrogen and oxygen atoms in total. The van der Waals surface area contributed by atoms with Crippen LogP contribution >= 0.6 is 0 Å². The van der Waals surface area contributed by atoms with E-state index in [-0.39, 0.29) is 11.9 Å². The molecule has 1 aromatic carbocycles. The highest BCUT2D eigenvalue weighted by atomic mass is 16.5. The van der Waals surface area contributed by atoms with Gasteiger partial charge in [0.2, 0.25) is 0 Å². The first kappa shape index (κ1) is 23.5. The van der Waals surface area contributed by atoms with Gasteiger partial charge in [-0.1, -0.05) is 19.3 Å². The topological polar surface area (TPSA) is 65.0 Å². The Hall–Kier alpha value is -1.63. The third kappa shape index (κ3) is 6.93. The zero-order chi connectivity index (χ0) is 22.2. The zero-order valence-electron chi connectivity index (χ0n) is 19.5. The third-order valence-corrected chi connectivity index (χ3v) is 7.44. The molecule has 32 heavy (non-hydrogen) atoms. The van der Waals surface area contributed by atoms with E-state index in [1.165, 1.54) is 58.0 Å². The number of nitrogens with zero attached hydrogens (tertiary/aromatic N) is 2. The maximum absolute atomic E-state index is 12.9. The van der Waals surface area contributed by atoms with Crippen molar-refractivity contribution in [2.45, 2.75) is 69.9 Å².